The average molecular weight is 446 g/mol. The lowest BCUT2D eigenvalue weighted by molar-refractivity contribution is 0.575. The van der Waals surface area contributed by atoms with Gasteiger partial charge in [0.05, 0.1) is 11.8 Å². The van der Waals surface area contributed by atoms with Crippen molar-refractivity contribution in [2.24, 2.45) is 0 Å². The highest BCUT2D eigenvalue weighted by Gasteiger charge is 2.18. The van der Waals surface area contributed by atoms with E-state index in [9.17, 15) is 9.18 Å². The fourth-order valence-corrected chi connectivity index (χ4v) is 4.35. The molecule has 0 saturated heterocycles. The van der Waals surface area contributed by atoms with E-state index in [-0.39, 0.29) is 17.3 Å². The molecule has 1 atom stereocenters. The third-order valence-corrected chi connectivity index (χ3v) is 6.13. The smallest absolute Gasteiger partial charge is 0.277 e. The topological polar surface area (TPSA) is 39.8 Å². The molecule has 0 aliphatic carbocycles. The maximum Gasteiger partial charge on any atom is 0.277 e. The molecule has 0 aliphatic rings. The number of rotatable bonds is 5. The predicted molar refractivity (Wildman–Crippen MR) is 127 cm³/mol. The molecule has 2 heterocycles. The molecule has 0 fully saturated rings. The Balaban J connectivity index is 1.66. The van der Waals surface area contributed by atoms with Crippen LogP contribution < -0.4 is 5.56 Å². The molecule has 5 rings (SSSR count). The number of hydrogen-bond donors (Lipinski definition) is 0. The third-order valence-electron chi connectivity index (χ3n) is 5.88. The van der Waals surface area contributed by atoms with Gasteiger partial charge in [-0.25, -0.2) is 9.37 Å². The normalized spacial score (nSPS) is 12.5. The summed E-state index contributed by atoms with van der Waals surface area (Å²) in [6.07, 6.45) is 1.57. The zero-order chi connectivity index (χ0) is 22.2. The van der Waals surface area contributed by atoms with Gasteiger partial charge in [-0.3, -0.25) is 9.36 Å². The molecule has 32 heavy (non-hydrogen) atoms. The van der Waals surface area contributed by atoms with Gasteiger partial charge in [-0.15, -0.1) is 0 Å². The van der Waals surface area contributed by atoms with Gasteiger partial charge in [0.2, 0.25) is 0 Å². The zero-order valence-electron chi connectivity index (χ0n) is 17.5. The van der Waals surface area contributed by atoms with Crippen molar-refractivity contribution < 1.29 is 4.39 Å². The maximum absolute atomic E-state index is 14.0. The molecule has 0 radical (unpaired) electrons. The van der Waals surface area contributed by atoms with Crippen LogP contribution in [0.4, 0.5) is 4.39 Å². The highest BCUT2D eigenvalue weighted by atomic mass is 35.5. The fourth-order valence-electron chi connectivity index (χ4n) is 4.22. The highest BCUT2D eigenvalue weighted by molar-refractivity contribution is 6.30. The van der Waals surface area contributed by atoms with E-state index in [1.165, 1.54) is 12.1 Å². The van der Waals surface area contributed by atoms with Crippen LogP contribution in [0, 0.1) is 5.82 Å². The van der Waals surface area contributed by atoms with Gasteiger partial charge in [0.15, 0.2) is 0 Å². The second kappa shape index (κ2) is 8.24. The summed E-state index contributed by atoms with van der Waals surface area (Å²) in [5.74, 6) is -0.216. The summed E-state index contributed by atoms with van der Waals surface area (Å²) >= 11 is 6.03. The summed E-state index contributed by atoms with van der Waals surface area (Å²) in [4.78, 5) is 18.2. The Bertz CT molecular complexity index is 1470. The highest BCUT2D eigenvalue weighted by Crippen LogP contribution is 2.28. The molecule has 0 N–H and O–H groups in total. The van der Waals surface area contributed by atoms with E-state index in [1.54, 1.807) is 17.0 Å². The molecule has 3 aromatic carbocycles. The Hall–Kier alpha value is -3.44. The molecular formula is C26H21ClFN3O. The van der Waals surface area contributed by atoms with Crippen molar-refractivity contribution in [1.29, 1.82) is 0 Å². The van der Waals surface area contributed by atoms with Crippen molar-refractivity contribution >= 4 is 33.5 Å². The lowest BCUT2D eigenvalue weighted by Crippen LogP contribution is -2.24. The van der Waals surface area contributed by atoms with Gasteiger partial charge < -0.3 is 4.57 Å². The summed E-state index contributed by atoms with van der Waals surface area (Å²) < 4.78 is 17.6. The number of nitrogens with zero attached hydrogens (tertiary/aromatic N) is 3. The van der Waals surface area contributed by atoms with E-state index < -0.39 is 0 Å². The van der Waals surface area contributed by atoms with Crippen LogP contribution in [0.15, 0.2) is 83.9 Å². The van der Waals surface area contributed by atoms with E-state index >= 15 is 0 Å². The Morgan fingerprint density at radius 1 is 1.03 bits per heavy atom. The van der Waals surface area contributed by atoms with Crippen LogP contribution in [-0.4, -0.2) is 14.1 Å². The molecule has 0 unspecified atom stereocenters. The Morgan fingerprint density at radius 2 is 1.78 bits per heavy atom. The molecule has 0 spiro atoms. The molecule has 5 aromatic rings. The first kappa shape index (κ1) is 20.5. The molecule has 4 nitrogen and oxygen atoms in total. The van der Waals surface area contributed by atoms with Crippen molar-refractivity contribution in [3.63, 3.8) is 0 Å². The minimum atomic E-state index is -0.355. The van der Waals surface area contributed by atoms with Crippen molar-refractivity contribution in [3.05, 3.63) is 111 Å². The van der Waals surface area contributed by atoms with Gasteiger partial charge in [-0.1, -0.05) is 61.0 Å². The quantitative estimate of drug-likeness (QED) is 0.333. The van der Waals surface area contributed by atoms with Gasteiger partial charge in [0.25, 0.3) is 5.56 Å². The van der Waals surface area contributed by atoms with Crippen molar-refractivity contribution in [2.75, 3.05) is 0 Å². The Morgan fingerprint density at radius 3 is 2.53 bits per heavy atom. The number of aromatic nitrogens is 3. The zero-order valence-corrected chi connectivity index (χ0v) is 18.3. The van der Waals surface area contributed by atoms with Crippen LogP contribution >= 0.6 is 11.6 Å². The summed E-state index contributed by atoms with van der Waals surface area (Å²) in [7, 11) is 0. The van der Waals surface area contributed by atoms with E-state index in [2.05, 4.69) is 24.0 Å². The molecule has 0 saturated carbocycles. The second-order valence-corrected chi connectivity index (χ2v) is 8.52. The number of benzene rings is 3. The summed E-state index contributed by atoms with van der Waals surface area (Å²) in [6, 6.07) is 22.1. The monoisotopic (exact) mass is 445 g/mol. The summed E-state index contributed by atoms with van der Waals surface area (Å²) in [5, 5.41) is 1.28. The first-order valence-electron chi connectivity index (χ1n) is 10.5. The molecule has 160 valence electrons. The van der Waals surface area contributed by atoms with Crippen molar-refractivity contribution in [3.8, 4) is 0 Å². The third kappa shape index (κ3) is 3.69. The lowest BCUT2D eigenvalue weighted by atomic mass is 10.0. The van der Waals surface area contributed by atoms with Crippen LogP contribution in [0.3, 0.4) is 0 Å². The fraction of sp³-hybridized carbons (Fsp3) is 0.154. The predicted octanol–water partition coefficient (Wildman–Crippen LogP) is 6.00. The van der Waals surface area contributed by atoms with Gasteiger partial charge >= 0.3 is 0 Å². The van der Waals surface area contributed by atoms with Gasteiger partial charge in [-0.05, 0) is 47.4 Å². The molecule has 0 aliphatic heterocycles. The Kier molecular flexibility index (Phi) is 5.27. The van der Waals surface area contributed by atoms with Crippen molar-refractivity contribution in [2.45, 2.75) is 25.9 Å². The van der Waals surface area contributed by atoms with Crippen molar-refractivity contribution in [1.82, 2.24) is 14.1 Å². The minimum absolute atomic E-state index is 0.136. The first-order chi connectivity index (χ1) is 15.5. The first-order valence-corrected chi connectivity index (χ1v) is 10.9. The van der Waals surface area contributed by atoms with E-state index in [0.29, 0.717) is 34.5 Å². The molecule has 0 amide bonds. The largest absolute Gasteiger partial charge is 0.330 e. The lowest BCUT2D eigenvalue weighted by Gasteiger charge is -2.14. The van der Waals surface area contributed by atoms with E-state index in [0.717, 1.165) is 16.6 Å². The van der Waals surface area contributed by atoms with E-state index in [1.807, 2.05) is 47.0 Å². The van der Waals surface area contributed by atoms with Gasteiger partial charge in [0.1, 0.15) is 16.9 Å². The Labute approximate surface area is 189 Å². The summed E-state index contributed by atoms with van der Waals surface area (Å²) in [5.41, 5.74) is 3.77. The number of hydrogen-bond acceptors (Lipinski definition) is 2. The van der Waals surface area contributed by atoms with Gasteiger partial charge in [-0.2, -0.15) is 0 Å². The average Bonchev–Trinajstić information content (AvgIpc) is 3.11. The molecular weight excluding hydrogens is 425 g/mol. The van der Waals surface area contributed by atoms with Gasteiger partial charge in [0, 0.05) is 23.5 Å². The SMILES string of the molecule is C[C@@H](Cn1cnc2c3cc(F)ccc3n(Cc3ccc(Cl)cc3)c2c1=O)c1ccccc1. The summed E-state index contributed by atoms with van der Waals surface area (Å²) in [6.45, 7) is 3.05. The van der Waals surface area contributed by atoms with Crippen LogP contribution in [0.1, 0.15) is 24.0 Å². The number of halogens is 2. The standard InChI is InChI=1S/C26H21ClFN3O/c1-17(19-5-3-2-4-6-19)14-30-16-29-24-22-13-21(28)11-12-23(22)31(25(24)26(30)32)15-18-7-9-20(27)10-8-18/h2-13,16-17H,14-15H2,1H3/t17-/m0/s1. The van der Waals surface area contributed by atoms with Crippen LogP contribution in [-0.2, 0) is 13.1 Å². The minimum Gasteiger partial charge on any atom is -0.330 e. The number of fused-ring (bicyclic) bond motifs is 3. The van der Waals surface area contributed by atoms with Crippen LogP contribution in [0.2, 0.25) is 5.02 Å². The van der Waals surface area contributed by atoms with Crippen LogP contribution in [0.25, 0.3) is 21.9 Å². The molecule has 0 bridgehead atoms. The second-order valence-electron chi connectivity index (χ2n) is 8.09. The molecule has 2 aromatic heterocycles. The van der Waals surface area contributed by atoms with Crippen LogP contribution in [0.5, 0.6) is 0 Å². The van der Waals surface area contributed by atoms with E-state index in [4.69, 9.17) is 11.6 Å². The maximum atomic E-state index is 14.0. The molecule has 6 heteroatoms.